The van der Waals surface area contributed by atoms with Crippen molar-refractivity contribution in [3.8, 4) is 0 Å². The van der Waals surface area contributed by atoms with Gasteiger partial charge in [0.05, 0.1) is 11.0 Å². The molecule has 0 aliphatic heterocycles. The number of carbonyl (C=O) groups excluding carboxylic acids is 1. The zero-order valence-corrected chi connectivity index (χ0v) is 10.7. The summed E-state index contributed by atoms with van der Waals surface area (Å²) in [5.41, 5.74) is 2.51. The van der Waals surface area contributed by atoms with Crippen LogP contribution in [0.3, 0.4) is 0 Å². The molecule has 1 heterocycles. The van der Waals surface area contributed by atoms with Crippen LogP contribution in [0.15, 0.2) is 42.5 Å². The Morgan fingerprint density at radius 2 is 2.06 bits per heavy atom. The Hall–Kier alpha value is -2.14. The van der Waals surface area contributed by atoms with Crippen molar-refractivity contribution in [2.75, 3.05) is 5.32 Å². The first-order valence-corrected chi connectivity index (χ1v) is 5.92. The van der Waals surface area contributed by atoms with Crippen molar-refractivity contribution in [1.29, 1.82) is 0 Å². The molecule has 1 aromatic heterocycles. The van der Waals surface area contributed by atoms with Crippen molar-refractivity contribution in [2.45, 2.75) is 6.92 Å². The SMILES string of the molecule is C/C=C/C=C/C(=O)Nc1ccc2[nH]c(=S)[nH]c2c1. The maximum Gasteiger partial charge on any atom is 0.248 e. The van der Waals surface area contributed by atoms with Gasteiger partial charge in [0, 0.05) is 11.8 Å². The molecule has 0 radical (unpaired) electrons. The van der Waals surface area contributed by atoms with Gasteiger partial charge >= 0.3 is 0 Å². The van der Waals surface area contributed by atoms with Crippen LogP contribution in [0, 0.1) is 4.77 Å². The molecule has 5 heteroatoms. The summed E-state index contributed by atoms with van der Waals surface area (Å²) in [7, 11) is 0. The minimum absolute atomic E-state index is 0.165. The Morgan fingerprint density at radius 1 is 1.28 bits per heavy atom. The number of hydrogen-bond donors (Lipinski definition) is 3. The summed E-state index contributed by atoms with van der Waals surface area (Å²) in [5.74, 6) is -0.165. The molecule has 2 rings (SSSR count). The zero-order chi connectivity index (χ0) is 13.0. The van der Waals surface area contributed by atoms with Gasteiger partial charge in [-0.15, -0.1) is 0 Å². The Balaban J connectivity index is 2.16. The van der Waals surface area contributed by atoms with Crippen LogP contribution in [0.25, 0.3) is 11.0 Å². The summed E-state index contributed by atoms with van der Waals surface area (Å²) in [4.78, 5) is 17.6. The van der Waals surface area contributed by atoms with Gasteiger partial charge in [0.1, 0.15) is 0 Å². The summed E-state index contributed by atoms with van der Waals surface area (Å²) < 4.78 is 0.571. The van der Waals surface area contributed by atoms with Crippen LogP contribution in [0.2, 0.25) is 0 Å². The number of nitrogens with one attached hydrogen (secondary N) is 3. The lowest BCUT2D eigenvalue weighted by molar-refractivity contribution is -0.111. The molecule has 0 atom stereocenters. The number of amides is 1. The Labute approximate surface area is 109 Å². The lowest BCUT2D eigenvalue weighted by atomic mass is 10.2. The first-order valence-electron chi connectivity index (χ1n) is 5.51. The largest absolute Gasteiger partial charge is 0.331 e. The molecule has 0 fully saturated rings. The minimum atomic E-state index is -0.165. The maximum atomic E-state index is 11.6. The summed E-state index contributed by atoms with van der Waals surface area (Å²) in [6.07, 6.45) is 6.82. The summed E-state index contributed by atoms with van der Waals surface area (Å²) in [6.45, 7) is 1.89. The number of hydrogen-bond acceptors (Lipinski definition) is 2. The van der Waals surface area contributed by atoms with Crippen molar-refractivity contribution in [3.63, 3.8) is 0 Å². The number of aromatic nitrogens is 2. The number of carbonyl (C=O) groups is 1. The number of imidazole rings is 1. The zero-order valence-electron chi connectivity index (χ0n) is 9.86. The van der Waals surface area contributed by atoms with Crippen LogP contribution < -0.4 is 5.32 Å². The van der Waals surface area contributed by atoms with Crippen LogP contribution in [-0.4, -0.2) is 15.9 Å². The van der Waals surface area contributed by atoms with Crippen molar-refractivity contribution in [2.24, 2.45) is 0 Å². The van der Waals surface area contributed by atoms with Crippen LogP contribution >= 0.6 is 12.2 Å². The van der Waals surface area contributed by atoms with Gasteiger partial charge in [0.2, 0.25) is 5.91 Å². The van der Waals surface area contributed by atoms with E-state index in [1.54, 1.807) is 12.2 Å². The van der Waals surface area contributed by atoms with Gasteiger partial charge in [-0.05, 0) is 37.3 Å². The average Bonchev–Trinajstić information content (AvgIpc) is 2.69. The topological polar surface area (TPSA) is 60.7 Å². The monoisotopic (exact) mass is 259 g/mol. The minimum Gasteiger partial charge on any atom is -0.331 e. The van der Waals surface area contributed by atoms with Crippen molar-refractivity contribution >= 4 is 34.8 Å². The van der Waals surface area contributed by atoms with E-state index in [1.807, 2.05) is 31.2 Å². The van der Waals surface area contributed by atoms with Gasteiger partial charge in [-0.2, -0.15) is 0 Å². The van der Waals surface area contributed by atoms with E-state index in [-0.39, 0.29) is 5.91 Å². The number of fused-ring (bicyclic) bond motifs is 1. The van der Waals surface area contributed by atoms with Gasteiger partial charge in [0.25, 0.3) is 0 Å². The van der Waals surface area contributed by atoms with E-state index in [4.69, 9.17) is 12.2 Å². The van der Waals surface area contributed by atoms with E-state index in [1.165, 1.54) is 6.08 Å². The highest BCUT2D eigenvalue weighted by Crippen LogP contribution is 2.16. The molecule has 0 aliphatic carbocycles. The molecule has 0 saturated heterocycles. The second-order valence-electron chi connectivity index (χ2n) is 3.71. The molecular formula is C13H13N3OS. The molecule has 0 bridgehead atoms. The van der Waals surface area contributed by atoms with Crippen LogP contribution in [0.5, 0.6) is 0 Å². The third-order valence-electron chi connectivity index (χ3n) is 2.33. The second kappa shape index (κ2) is 5.46. The average molecular weight is 259 g/mol. The number of H-pyrrole nitrogens is 2. The Kier molecular flexibility index (Phi) is 3.74. The lowest BCUT2D eigenvalue weighted by Crippen LogP contribution is -2.07. The maximum absolute atomic E-state index is 11.6. The highest BCUT2D eigenvalue weighted by molar-refractivity contribution is 7.71. The van der Waals surface area contributed by atoms with Gasteiger partial charge in [-0.25, -0.2) is 0 Å². The molecule has 1 aromatic carbocycles. The van der Waals surface area contributed by atoms with Crippen molar-refractivity contribution in [1.82, 2.24) is 9.97 Å². The van der Waals surface area contributed by atoms with Crippen LogP contribution in [0.1, 0.15) is 6.92 Å². The number of allylic oxidation sites excluding steroid dienone is 3. The van der Waals surface area contributed by atoms with Crippen LogP contribution in [0.4, 0.5) is 5.69 Å². The lowest BCUT2D eigenvalue weighted by Gasteiger charge is -2.01. The van der Waals surface area contributed by atoms with Crippen molar-refractivity contribution in [3.05, 3.63) is 47.3 Å². The smallest absolute Gasteiger partial charge is 0.248 e. The van der Waals surface area contributed by atoms with Gasteiger partial charge in [0.15, 0.2) is 4.77 Å². The van der Waals surface area contributed by atoms with Crippen LogP contribution in [-0.2, 0) is 4.79 Å². The van der Waals surface area contributed by atoms with Gasteiger partial charge < -0.3 is 15.3 Å². The molecule has 0 unspecified atom stereocenters. The van der Waals surface area contributed by atoms with E-state index in [0.29, 0.717) is 4.77 Å². The fraction of sp³-hybridized carbons (Fsp3) is 0.0769. The fourth-order valence-electron chi connectivity index (χ4n) is 1.55. The number of aromatic amines is 2. The number of rotatable bonds is 3. The summed E-state index contributed by atoms with van der Waals surface area (Å²) in [5, 5.41) is 2.77. The molecule has 18 heavy (non-hydrogen) atoms. The molecule has 92 valence electrons. The predicted molar refractivity (Wildman–Crippen MR) is 76.1 cm³/mol. The highest BCUT2D eigenvalue weighted by atomic mass is 32.1. The van der Waals surface area contributed by atoms with E-state index in [0.717, 1.165) is 16.7 Å². The Morgan fingerprint density at radius 3 is 2.83 bits per heavy atom. The summed E-state index contributed by atoms with van der Waals surface area (Å²) >= 11 is 5.00. The molecule has 0 aliphatic rings. The highest BCUT2D eigenvalue weighted by Gasteiger charge is 2.00. The number of benzene rings is 1. The van der Waals surface area contributed by atoms with E-state index in [2.05, 4.69) is 15.3 Å². The third-order valence-corrected chi connectivity index (χ3v) is 2.54. The molecule has 0 spiro atoms. The molecule has 4 nitrogen and oxygen atoms in total. The molecular weight excluding hydrogens is 246 g/mol. The fourth-order valence-corrected chi connectivity index (χ4v) is 1.77. The molecule has 3 N–H and O–H groups in total. The van der Waals surface area contributed by atoms with Crippen molar-refractivity contribution < 1.29 is 4.79 Å². The quantitative estimate of drug-likeness (QED) is 0.450. The molecule has 2 aromatic rings. The second-order valence-corrected chi connectivity index (χ2v) is 4.12. The standard InChI is InChI=1S/C13H13N3OS/c1-2-3-4-5-12(17)14-9-6-7-10-11(8-9)16-13(18)15-10/h2-8H,1H3,(H,14,17)(H2,15,16,18)/b3-2+,5-4+. The summed E-state index contributed by atoms with van der Waals surface area (Å²) in [6, 6.07) is 5.53. The first kappa shape index (κ1) is 12.3. The normalized spacial score (nSPS) is 11.6. The predicted octanol–water partition coefficient (Wildman–Crippen LogP) is 3.30. The first-order chi connectivity index (χ1) is 8.69. The Bertz CT molecular complexity index is 679. The van der Waals surface area contributed by atoms with Gasteiger partial charge in [-0.3, -0.25) is 4.79 Å². The van der Waals surface area contributed by atoms with E-state index in [9.17, 15) is 4.79 Å². The molecule has 0 saturated carbocycles. The number of anilines is 1. The van der Waals surface area contributed by atoms with E-state index < -0.39 is 0 Å². The molecule has 1 amide bonds. The van der Waals surface area contributed by atoms with E-state index >= 15 is 0 Å². The third kappa shape index (κ3) is 2.95. The van der Waals surface area contributed by atoms with Gasteiger partial charge in [-0.1, -0.05) is 18.2 Å².